The Bertz CT molecular complexity index is 428. The van der Waals surface area contributed by atoms with Crippen LogP contribution in [-0.4, -0.2) is 25.3 Å². The van der Waals surface area contributed by atoms with Crippen molar-refractivity contribution in [2.24, 2.45) is 0 Å². The van der Waals surface area contributed by atoms with Gasteiger partial charge in [0.1, 0.15) is 0 Å². The Hall–Kier alpha value is -0.610. The van der Waals surface area contributed by atoms with E-state index in [4.69, 9.17) is 32.7 Å². The van der Waals surface area contributed by atoms with Crippen molar-refractivity contribution < 1.29 is 14.3 Å². The quantitative estimate of drug-likeness (QED) is 0.792. The highest BCUT2D eigenvalue weighted by Gasteiger charge is 2.17. The fourth-order valence-corrected chi connectivity index (χ4v) is 2.32. The van der Waals surface area contributed by atoms with E-state index >= 15 is 0 Å². The molecule has 98 valence electrons. The maximum absolute atomic E-state index is 12.0. The number of ketones is 1. The topological polar surface area (TPSA) is 35.5 Å². The smallest absolute Gasteiger partial charge is 0.164 e. The molecule has 0 bridgehead atoms. The summed E-state index contributed by atoms with van der Waals surface area (Å²) in [7, 11) is 0. The maximum Gasteiger partial charge on any atom is 0.164 e. The van der Waals surface area contributed by atoms with Crippen molar-refractivity contribution in [3.8, 4) is 0 Å². The Morgan fingerprint density at radius 1 is 1.28 bits per heavy atom. The Balaban J connectivity index is 1.90. The lowest BCUT2D eigenvalue weighted by atomic mass is 10.1. The first-order chi connectivity index (χ1) is 8.66. The zero-order valence-corrected chi connectivity index (χ0v) is 11.3. The molecule has 0 amide bonds. The second kappa shape index (κ2) is 6.53. The van der Waals surface area contributed by atoms with Crippen LogP contribution in [0.15, 0.2) is 18.2 Å². The fourth-order valence-electron chi connectivity index (χ4n) is 1.80. The van der Waals surface area contributed by atoms with Crippen LogP contribution in [0.3, 0.4) is 0 Å². The Labute approximate surface area is 116 Å². The first-order valence-corrected chi connectivity index (χ1v) is 6.64. The predicted molar refractivity (Wildman–Crippen MR) is 70.3 cm³/mol. The van der Waals surface area contributed by atoms with Gasteiger partial charge in [-0.1, -0.05) is 23.2 Å². The van der Waals surface area contributed by atoms with Gasteiger partial charge in [0.05, 0.1) is 18.2 Å². The molecule has 0 aromatic heterocycles. The molecule has 5 heteroatoms. The first kappa shape index (κ1) is 13.8. The van der Waals surface area contributed by atoms with E-state index < -0.39 is 0 Å². The molecule has 1 heterocycles. The molecule has 0 N–H and O–H groups in total. The zero-order chi connectivity index (χ0) is 13.0. The molecule has 1 aromatic carbocycles. The second-order valence-electron chi connectivity index (χ2n) is 4.11. The second-order valence-corrected chi connectivity index (χ2v) is 4.95. The SMILES string of the molecule is O=C(CCC1OCCCO1)c1ccc(Cl)cc1Cl. The summed E-state index contributed by atoms with van der Waals surface area (Å²) in [5.41, 5.74) is 0.497. The molecule has 0 aliphatic carbocycles. The van der Waals surface area contributed by atoms with Gasteiger partial charge in [-0.15, -0.1) is 0 Å². The molecule has 1 aliphatic rings. The lowest BCUT2D eigenvalue weighted by Crippen LogP contribution is -2.25. The number of benzene rings is 1. The highest BCUT2D eigenvalue weighted by Crippen LogP contribution is 2.23. The van der Waals surface area contributed by atoms with Gasteiger partial charge in [-0.2, -0.15) is 0 Å². The van der Waals surface area contributed by atoms with Crippen LogP contribution in [0.2, 0.25) is 10.0 Å². The standard InChI is InChI=1S/C13H14Cl2O3/c14-9-2-3-10(11(15)8-9)12(16)4-5-13-17-6-1-7-18-13/h2-3,8,13H,1,4-7H2. The molecule has 0 spiro atoms. The number of hydrogen-bond donors (Lipinski definition) is 0. The maximum atomic E-state index is 12.0. The van der Waals surface area contributed by atoms with Crippen LogP contribution in [0, 0.1) is 0 Å². The van der Waals surface area contributed by atoms with Crippen molar-refractivity contribution in [3.63, 3.8) is 0 Å². The van der Waals surface area contributed by atoms with Gasteiger partial charge in [0.15, 0.2) is 12.1 Å². The van der Waals surface area contributed by atoms with Gasteiger partial charge in [-0.25, -0.2) is 0 Å². The molecule has 0 saturated carbocycles. The Morgan fingerprint density at radius 3 is 2.67 bits per heavy atom. The van der Waals surface area contributed by atoms with Gasteiger partial charge in [-0.3, -0.25) is 4.79 Å². The van der Waals surface area contributed by atoms with Crippen LogP contribution in [0.4, 0.5) is 0 Å². The van der Waals surface area contributed by atoms with Crippen molar-refractivity contribution in [1.29, 1.82) is 0 Å². The van der Waals surface area contributed by atoms with E-state index in [0.29, 0.717) is 41.7 Å². The third-order valence-electron chi connectivity index (χ3n) is 2.73. The van der Waals surface area contributed by atoms with Crippen LogP contribution in [0.25, 0.3) is 0 Å². The van der Waals surface area contributed by atoms with Crippen LogP contribution < -0.4 is 0 Å². The summed E-state index contributed by atoms with van der Waals surface area (Å²) in [6.07, 6.45) is 1.55. The number of Topliss-reactive ketones (excluding diaryl/α,β-unsaturated/α-hetero) is 1. The number of carbonyl (C=O) groups excluding carboxylic acids is 1. The number of ether oxygens (including phenoxy) is 2. The number of carbonyl (C=O) groups is 1. The minimum absolute atomic E-state index is 0.0190. The average Bonchev–Trinajstić information content (AvgIpc) is 2.37. The summed E-state index contributed by atoms with van der Waals surface area (Å²) in [5, 5.41) is 0.911. The van der Waals surface area contributed by atoms with E-state index in [2.05, 4.69) is 0 Å². The van der Waals surface area contributed by atoms with Crippen molar-refractivity contribution >= 4 is 29.0 Å². The highest BCUT2D eigenvalue weighted by molar-refractivity contribution is 6.36. The molecule has 3 nitrogen and oxygen atoms in total. The van der Waals surface area contributed by atoms with E-state index in [9.17, 15) is 4.79 Å². The predicted octanol–water partition coefficient (Wildman–Crippen LogP) is 3.72. The fraction of sp³-hybridized carbons (Fsp3) is 0.462. The number of rotatable bonds is 4. The summed E-state index contributed by atoms with van der Waals surface area (Å²) < 4.78 is 10.8. The molecular weight excluding hydrogens is 275 g/mol. The van der Waals surface area contributed by atoms with Crippen LogP contribution >= 0.6 is 23.2 Å². The number of halogens is 2. The van der Waals surface area contributed by atoms with Gasteiger partial charge >= 0.3 is 0 Å². The average molecular weight is 289 g/mol. The van der Waals surface area contributed by atoms with E-state index in [1.54, 1.807) is 18.2 Å². The lowest BCUT2D eigenvalue weighted by Gasteiger charge is -2.22. The molecule has 1 aliphatic heterocycles. The largest absolute Gasteiger partial charge is 0.353 e. The van der Waals surface area contributed by atoms with Crippen LogP contribution in [0.5, 0.6) is 0 Å². The first-order valence-electron chi connectivity index (χ1n) is 5.88. The lowest BCUT2D eigenvalue weighted by molar-refractivity contribution is -0.180. The van der Waals surface area contributed by atoms with Gasteiger partial charge < -0.3 is 9.47 Å². The summed E-state index contributed by atoms with van der Waals surface area (Å²) in [6, 6.07) is 4.88. The van der Waals surface area contributed by atoms with E-state index in [1.165, 1.54) is 0 Å². The van der Waals surface area contributed by atoms with Crippen molar-refractivity contribution in [2.45, 2.75) is 25.6 Å². The third-order valence-corrected chi connectivity index (χ3v) is 3.28. The van der Waals surface area contributed by atoms with E-state index in [0.717, 1.165) is 6.42 Å². The highest BCUT2D eigenvalue weighted by atomic mass is 35.5. The van der Waals surface area contributed by atoms with E-state index in [-0.39, 0.29) is 12.1 Å². The van der Waals surface area contributed by atoms with Crippen molar-refractivity contribution in [3.05, 3.63) is 33.8 Å². The van der Waals surface area contributed by atoms with Gasteiger partial charge in [-0.05, 0) is 24.6 Å². The zero-order valence-electron chi connectivity index (χ0n) is 9.83. The molecule has 1 fully saturated rings. The Kier molecular flexibility index (Phi) is 5.01. The molecule has 1 aromatic rings. The molecule has 1 saturated heterocycles. The molecule has 0 radical (unpaired) electrons. The molecule has 18 heavy (non-hydrogen) atoms. The van der Waals surface area contributed by atoms with E-state index in [1.807, 2.05) is 0 Å². The molecular formula is C13H14Cl2O3. The summed E-state index contributed by atoms with van der Waals surface area (Å²) >= 11 is 11.8. The third kappa shape index (κ3) is 3.69. The summed E-state index contributed by atoms with van der Waals surface area (Å²) in [4.78, 5) is 12.0. The monoisotopic (exact) mass is 288 g/mol. The summed E-state index contributed by atoms with van der Waals surface area (Å²) in [6.45, 7) is 1.39. The normalized spacial score (nSPS) is 16.8. The van der Waals surface area contributed by atoms with Crippen molar-refractivity contribution in [1.82, 2.24) is 0 Å². The van der Waals surface area contributed by atoms with Crippen LogP contribution in [0.1, 0.15) is 29.6 Å². The van der Waals surface area contributed by atoms with Crippen LogP contribution in [-0.2, 0) is 9.47 Å². The minimum Gasteiger partial charge on any atom is -0.353 e. The van der Waals surface area contributed by atoms with Gasteiger partial charge in [0, 0.05) is 23.4 Å². The summed E-state index contributed by atoms with van der Waals surface area (Å²) in [5.74, 6) is -0.0190. The minimum atomic E-state index is -0.270. The molecule has 0 unspecified atom stereocenters. The Morgan fingerprint density at radius 2 is 2.00 bits per heavy atom. The molecule has 2 rings (SSSR count). The number of hydrogen-bond acceptors (Lipinski definition) is 3. The van der Waals surface area contributed by atoms with Gasteiger partial charge in [0.2, 0.25) is 0 Å². The van der Waals surface area contributed by atoms with Gasteiger partial charge in [0.25, 0.3) is 0 Å². The molecule has 0 atom stereocenters. The van der Waals surface area contributed by atoms with Crippen molar-refractivity contribution in [2.75, 3.05) is 13.2 Å².